The van der Waals surface area contributed by atoms with Gasteiger partial charge >= 0.3 is 0 Å². The van der Waals surface area contributed by atoms with Crippen LogP contribution < -0.4 is 4.90 Å². The summed E-state index contributed by atoms with van der Waals surface area (Å²) in [4.78, 5) is 2.32. The van der Waals surface area contributed by atoms with Crippen LogP contribution in [0.3, 0.4) is 0 Å². The SMILES string of the molecule is CC1Cc2c(CC(C)(C)O)cccc2N1C. The van der Waals surface area contributed by atoms with Crippen LogP contribution in [0.4, 0.5) is 5.69 Å². The monoisotopic (exact) mass is 219 g/mol. The molecular weight excluding hydrogens is 198 g/mol. The quantitative estimate of drug-likeness (QED) is 0.825. The van der Waals surface area contributed by atoms with Crippen molar-refractivity contribution in [2.45, 2.75) is 45.3 Å². The predicted molar refractivity (Wildman–Crippen MR) is 68.0 cm³/mol. The maximum atomic E-state index is 9.92. The molecule has 1 unspecified atom stereocenters. The number of hydrogen-bond donors (Lipinski definition) is 1. The van der Waals surface area contributed by atoms with E-state index in [-0.39, 0.29) is 0 Å². The molecule has 0 aliphatic carbocycles. The van der Waals surface area contributed by atoms with Gasteiger partial charge in [-0.15, -0.1) is 0 Å². The highest BCUT2D eigenvalue weighted by Crippen LogP contribution is 2.34. The third-order valence-electron chi connectivity index (χ3n) is 3.41. The van der Waals surface area contributed by atoms with Gasteiger partial charge in [-0.05, 0) is 44.4 Å². The summed E-state index contributed by atoms with van der Waals surface area (Å²) in [6.45, 7) is 5.98. The van der Waals surface area contributed by atoms with Gasteiger partial charge in [0.05, 0.1) is 5.60 Å². The molecule has 0 fully saturated rings. The fraction of sp³-hybridized carbons (Fsp3) is 0.571. The Morgan fingerprint density at radius 3 is 2.75 bits per heavy atom. The van der Waals surface area contributed by atoms with Crippen LogP contribution >= 0.6 is 0 Å². The lowest BCUT2D eigenvalue weighted by molar-refractivity contribution is 0.0808. The van der Waals surface area contributed by atoms with Gasteiger partial charge in [-0.25, -0.2) is 0 Å². The molecule has 1 aliphatic heterocycles. The largest absolute Gasteiger partial charge is 0.390 e. The van der Waals surface area contributed by atoms with Crippen molar-refractivity contribution in [3.05, 3.63) is 29.3 Å². The molecule has 1 N–H and O–H groups in total. The number of hydrogen-bond acceptors (Lipinski definition) is 2. The molecule has 1 aromatic rings. The fourth-order valence-electron chi connectivity index (χ4n) is 2.49. The van der Waals surface area contributed by atoms with E-state index in [4.69, 9.17) is 0 Å². The molecule has 0 bridgehead atoms. The van der Waals surface area contributed by atoms with Crippen LogP contribution in [-0.4, -0.2) is 23.8 Å². The normalized spacial score (nSPS) is 20.1. The molecule has 1 heterocycles. The van der Waals surface area contributed by atoms with Crippen LogP contribution in [-0.2, 0) is 12.8 Å². The minimum absolute atomic E-state index is 0.568. The summed E-state index contributed by atoms with van der Waals surface area (Å²) < 4.78 is 0. The van der Waals surface area contributed by atoms with Gasteiger partial charge in [-0.2, -0.15) is 0 Å². The zero-order valence-corrected chi connectivity index (χ0v) is 10.6. The van der Waals surface area contributed by atoms with Crippen molar-refractivity contribution in [1.29, 1.82) is 0 Å². The summed E-state index contributed by atoms with van der Waals surface area (Å²) in [7, 11) is 2.14. The van der Waals surface area contributed by atoms with Crippen molar-refractivity contribution in [1.82, 2.24) is 0 Å². The van der Waals surface area contributed by atoms with E-state index >= 15 is 0 Å². The molecule has 2 nitrogen and oxygen atoms in total. The Morgan fingerprint density at radius 1 is 1.44 bits per heavy atom. The summed E-state index contributed by atoms with van der Waals surface area (Å²) in [5.74, 6) is 0. The van der Waals surface area contributed by atoms with E-state index in [1.807, 2.05) is 13.8 Å². The number of nitrogens with zero attached hydrogens (tertiary/aromatic N) is 1. The first-order valence-electron chi connectivity index (χ1n) is 5.94. The number of likely N-dealkylation sites (N-methyl/N-ethyl adjacent to an activating group) is 1. The van der Waals surface area contributed by atoms with E-state index in [2.05, 4.69) is 37.1 Å². The summed E-state index contributed by atoms with van der Waals surface area (Å²) in [6, 6.07) is 6.97. The van der Waals surface area contributed by atoms with E-state index in [9.17, 15) is 5.11 Å². The summed E-state index contributed by atoms with van der Waals surface area (Å²) in [5.41, 5.74) is 3.41. The van der Waals surface area contributed by atoms with Gasteiger partial charge < -0.3 is 10.0 Å². The standard InChI is InChI=1S/C14H21NO/c1-10-8-12-11(9-14(2,3)16)6-5-7-13(12)15(10)4/h5-7,10,16H,8-9H2,1-4H3. The number of benzene rings is 1. The highest BCUT2D eigenvalue weighted by Gasteiger charge is 2.26. The molecule has 2 rings (SSSR count). The van der Waals surface area contributed by atoms with Crippen molar-refractivity contribution in [3.8, 4) is 0 Å². The van der Waals surface area contributed by atoms with Gasteiger partial charge in [0.1, 0.15) is 0 Å². The second-order valence-corrected chi connectivity index (χ2v) is 5.57. The smallest absolute Gasteiger partial charge is 0.0632 e. The first kappa shape index (κ1) is 11.5. The zero-order chi connectivity index (χ0) is 11.9. The van der Waals surface area contributed by atoms with Crippen LogP contribution in [0, 0.1) is 0 Å². The van der Waals surface area contributed by atoms with Gasteiger partial charge in [0.25, 0.3) is 0 Å². The van der Waals surface area contributed by atoms with E-state index in [1.54, 1.807) is 0 Å². The molecule has 0 radical (unpaired) electrons. The van der Waals surface area contributed by atoms with E-state index in [1.165, 1.54) is 16.8 Å². The first-order chi connectivity index (χ1) is 7.38. The van der Waals surface area contributed by atoms with Gasteiger partial charge in [0, 0.05) is 25.2 Å². The number of anilines is 1. The Kier molecular flexibility index (Phi) is 2.70. The molecule has 0 amide bonds. The van der Waals surface area contributed by atoms with E-state index in [0.29, 0.717) is 6.04 Å². The fourth-order valence-corrected chi connectivity index (χ4v) is 2.49. The lowest BCUT2D eigenvalue weighted by Gasteiger charge is -2.20. The van der Waals surface area contributed by atoms with Gasteiger partial charge in [-0.1, -0.05) is 12.1 Å². The van der Waals surface area contributed by atoms with E-state index in [0.717, 1.165) is 12.8 Å². The average molecular weight is 219 g/mol. The van der Waals surface area contributed by atoms with Crippen LogP contribution in [0.1, 0.15) is 31.9 Å². The first-order valence-corrected chi connectivity index (χ1v) is 5.94. The van der Waals surface area contributed by atoms with Crippen LogP contribution in [0.5, 0.6) is 0 Å². The Hall–Kier alpha value is -1.02. The molecule has 0 aromatic heterocycles. The lowest BCUT2D eigenvalue weighted by Crippen LogP contribution is -2.23. The minimum atomic E-state index is -0.625. The van der Waals surface area contributed by atoms with Crippen LogP contribution in [0.25, 0.3) is 0 Å². The maximum Gasteiger partial charge on any atom is 0.0632 e. The number of rotatable bonds is 2. The Bertz CT molecular complexity index is 392. The Labute approximate surface area is 97.9 Å². The molecule has 1 aromatic carbocycles. The third-order valence-corrected chi connectivity index (χ3v) is 3.41. The third kappa shape index (κ3) is 2.07. The lowest BCUT2D eigenvalue weighted by atomic mass is 9.93. The molecule has 2 heteroatoms. The Balaban J connectivity index is 2.37. The van der Waals surface area contributed by atoms with E-state index < -0.39 is 5.60 Å². The number of fused-ring (bicyclic) bond motifs is 1. The predicted octanol–water partition coefficient (Wildman–Crippen LogP) is 2.38. The molecule has 16 heavy (non-hydrogen) atoms. The van der Waals surface area contributed by atoms with Crippen molar-refractivity contribution < 1.29 is 5.11 Å². The molecule has 0 spiro atoms. The van der Waals surface area contributed by atoms with Crippen molar-refractivity contribution in [3.63, 3.8) is 0 Å². The average Bonchev–Trinajstić information content (AvgIpc) is 2.43. The molecular formula is C14H21NO. The molecule has 1 atom stereocenters. The summed E-state index contributed by atoms with van der Waals surface area (Å²) in [5, 5.41) is 9.92. The number of aliphatic hydroxyl groups is 1. The maximum absolute atomic E-state index is 9.92. The second-order valence-electron chi connectivity index (χ2n) is 5.57. The highest BCUT2D eigenvalue weighted by molar-refractivity contribution is 5.61. The molecule has 1 aliphatic rings. The van der Waals surface area contributed by atoms with Crippen molar-refractivity contribution in [2.75, 3.05) is 11.9 Å². The molecule has 88 valence electrons. The molecule has 0 saturated heterocycles. The van der Waals surface area contributed by atoms with Gasteiger partial charge in [0.2, 0.25) is 0 Å². The van der Waals surface area contributed by atoms with Crippen molar-refractivity contribution >= 4 is 5.69 Å². The van der Waals surface area contributed by atoms with Crippen LogP contribution in [0.15, 0.2) is 18.2 Å². The van der Waals surface area contributed by atoms with Gasteiger partial charge in [-0.3, -0.25) is 0 Å². The van der Waals surface area contributed by atoms with Gasteiger partial charge in [0.15, 0.2) is 0 Å². The van der Waals surface area contributed by atoms with Crippen LogP contribution in [0.2, 0.25) is 0 Å². The Morgan fingerprint density at radius 2 is 2.12 bits per heavy atom. The second kappa shape index (κ2) is 3.77. The summed E-state index contributed by atoms with van der Waals surface area (Å²) in [6.07, 6.45) is 1.83. The molecule has 0 saturated carbocycles. The highest BCUT2D eigenvalue weighted by atomic mass is 16.3. The summed E-state index contributed by atoms with van der Waals surface area (Å²) >= 11 is 0. The minimum Gasteiger partial charge on any atom is -0.390 e. The van der Waals surface area contributed by atoms with Crippen molar-refractivity contribution in [2.24, 2.45) is 0 Å². The topological polar surface area (TPSA) is 23.5 Å². The zero-order valence-electron chi connectivity index (χ0n) is 10.6.